The number of nitrogens with one attached hydrogen (secondary N) is 1. The molecule has 0 saturated heterocycles. The maximum Gasteiger partial charge on any atom is 0.208 e. The van der Waals surface area contributed by atoms with Gasteiger partial charge in [-0.15, -0.1) is 0 Å². The lowest BCUT2D eigenvalue weighted by molar-refractivity contribution is 0.242. The molecule has 2 atom stereocenters. The van der Waals surface area contributed by atoms with Gasteiger partial charge in [-0.05, 0) is 69.0 Å². The Labute approximate surface area is 161 Å². The molecular formula is C23H29N3O. The zero-order valence-corrected chi connectivity index (χ0v) is 16.5. The van der Waals surface area contributed by atoms with E-state index in [1.165, 1.54) is 31.2 Å². The van der Waals surface area contributed by atoms with Crippen LogP contribution in [0, 0.1) is 5.92 Å². The van der Waals surface area contributed by atoms with Gasteiger partial charge in [0.25, 0.3) is 0 Å². The monoisotopic (exact) mass is 363 g/mol. The van der Waals surface area contributed by atoms with Crippen LogP contribution in [-0.2, 0) is 0 Å². The van der Waals surface area contributed by atoms with Gasteiger partial charge in [0, 0.05) is 11.7 Å². The zero-order chi connectivity index (χ0) is 18.8. The van der Waals surface area contributed by atoms with Crippen LogP contribution in [0.2, 0.25) is 0 Å². The number of hydrogen-bond acceptors (Lipinski definition) is 3. The molecule has 1 aromatic heterocycles. The molecule has 3 aromatic rings. The third-order valence-corrected chi connectivity index (χ3v) is 5.35. The SMILES string of the molecule is CC(C)Oc1ccc(Nc2nc3ccccc3n2[C@@H]2CCC[C@H](C)C2)cc1. The molecule has 27 heavy (non-hydrogen) atoms. The van der Waals surface area contributed by atoms with Crippen LogP contribution in [0.25, 0.3) is 11.0 Å². The van der Waals surface area contributed by atoms with E-state index in [4.69, 9.17) is 9.72 Å². The van der Waals surface area contributed by atoms with Gasteiger partial charge in [-0.1, -0.05) is 31.9 Å². The van der Waals surface area contributed by atoms with E-state index in [1.54, 1.807) is 0 Å². The van der Waals surface area contributed by atoms with E-state index in [-0.39, 0.29) is 6.10 Å². The predicted octanol–water partition coefficient (Wildman–Crippen LogP) is 6.32. The summed E-state index contributed by atoms with van der Waals surface area (Å²) in [5.74, 6) is 2.60. The Balaban J connectivity index is 1.65. The van der Waals surface area contributed by atoms with E-state index < -0.39 is 0 Å². The normalized spacial score (nSPS) is 20.1. The molecule has 1 N–H and O–H groups in total. The molecule has 142 valence electrons. The molecule has 4 nitrogen and oxygen atoms in total. The lowest BCUT2D eigenvalue weighted by Gasteiger charge is -2.29. The summed E-state index contributed by atoms with van der Waals surface area (Å²) < 4.78 is 8.17. The summed E-state index contributed by atoms with van der Waals surface area (Å²) in [6.45, 7) is 6.45. The van der Waals surface area contributed by atoms with Crippen LogP contribution < -0.4 is 10.1 Å². The van der Waals surface area contributed by atoms with Crippen LogP contribution in [0.15, 0.2) is 48.5 Å². The van der Waals surface area contributed by atoms with Gasteiger partial charge in [-0.2, -0.15) is 0 Å². The van der Waals surface area contributed by atoms with Gasteiger partial charge in [0.1, 0.15) is 5.75 Å². The van der Waals surface area contributed by atoms with Crippen LogP contribution in [0.5, 0.6) is 5.75 Å². The first kappa shape index (κ1) is 17.9. The predicted molar refractivity (Wildman–Crippen MR) is 112 cm³/mol. The van der Waals surface area contributed by atoms with Crippen molar-refractivity contribution >= 4 is 22.7 Å². The molecule has 2 aromatic carbocycles. The van der Waals surface area contributed by atoms with Crippen LogP contribution in [0.3, 0.4) is 0 Å². The van der Waals surface area contributed by atoms with Crippen LogP contribution in [-0.4, -0.2) is 15.7 Å². The van der Waals surface area contributed by atoms with E-state index >= 15 is 0 Å². The summed E-state index contributed by atoms with van der Waals surface area (Å²) in [6.07, 6.45) is 5.25. The molecule has 1 aliphatic carbocycles. The lowest BCUT2D eigenvalue weighted by atomic mass is 9.87. The quantitative estimate of drug-likeness (QED) is 0.576. The zero-order valence-electron chi connectivity index (χ0n) is 16.5. The third-order valence-electron chi connectivity index (χ3n) is 5.35. The average Bonchev–Trinajstić information content (AvgIpc) is 3.01. The van der Waals surface area contributed by atoms with Crippen molar-refractivity contribution in [3.8, 4) is 5.75 Å². The smallest absolute Gasteiger partial charge is 0.208 e. The summed E-state index contributed by atoms with van der Waals surface area (Å²) in [5, 5.41) is 3.55. The molecule has 0 radical (unpaired) electrons. The minimum Gasteiger partial charge on any atom is -0.491 e. The van der Waals surface area contributed by atoms with Gasteiger partial charge in [0.05, 0.1) is 17.1 Å². The number of ether oxygens (including phenoxy) is 1. The third kappa shape index (κ3) is 3.95. The molecule has 1 heterocycles. The Morgan fingerprint density at radius 2 is 1.85 bits per heavy atom. The first-order chi connectivity index (χ1) is 13.1. The molecule has 0 bridgehead atoms. The van der Waals surface area contributed by atoms with E-state index in [1.807, 2.05) is 26.0 Å². The van der Waals surface area contributed by atoms with Crippen LogP contribution in [0.1, 0.15) is 52.5 Å². The number of aromatic nitrogens is 2. The number of nitrogens with zero attached hydrogens (tertiary/aromatic N) is 2. The highest BCUT2D eigenvalue weighted by Gasteiger charge is 2.24. The number of hydrogen-bond donors (Lipinski definition) is 1. The van der Waals surface area contributed by atoms with E-state index in [0.717, 1.165) is 28.8 Å². The summed E-state index contributed by atoms with van der Waals surface area (Å²) in [7, 11) is 0. The molecule has 0 aliphatic heterocycles. The van der Waals surface area contributed by atoms with E-state index in [2.05, 4.69) is 53.2 Å². The standard InChI is InChI=1S/C23H29N3O/c1-16(2)27-20-13-11-18(12-14-20)24-23-25-21-9-4-5-10-22(21)26(23)19-8-6-7-17(3)15-19/h4-5,9-14,16-17,19H,6-8,15H2,1-3H3,(H,24,25)/t17-,19+/m0/s1. The van der Waals surface area contributed by atoms with E-state index in [9.17, 15) is 0 Å². The van der Waals surface area contributed by atoms with Crippen molar-refractivity contribution in [1.82, 2.24) is 9.55 Å². The highest BCUT2D eigenvalue weighted by Crippen LogP contribution is 2.37. The highest BCUT2D eigenvalue weighted by molar-refractivity contribution is 5.80. The summed E-state index contributed by atoms with van der Waals surface area (Å²) in [5.41, 5.74) is 3.31. The Kier molecular flexibility index (Phi) is 5.06. The van der Waals surface area contributed by atoms with Gasteiger partial charge in [0.2, 0.25) is 5.95 Å². The molecule has 0 amide bonds. The number of rotatable bonds is 5. The minimum atomic E-state index is 0.182. The Morgan fingerprint density at radius 3 is 2.59 bits per heavy atom. The Morgan fingerprint density at radius 1 is 1.07 bits per heavy atom. The van der Waals surface area contributed by atoms with Crippen LogP contribution >= 0.6 is 0 Å². The molecule has 0 unspecified atom stereocenters. The lowest BCUT2D eigenvalue weighted by Crippen LogP contribution is -2.19. The molecule has 1 saturated carbocycles. The Hall–Kier alpha value is -2.49. The van der Waals surface area contributed by atoms with Crippen LogP contribution in [0.4, 0.5) is 11.6 Å². The number of para-hydroxylation sites is 2. The largest absolute Gasteiger partial charge is 0.491 e. The highest BCUT2D eigenvalue weighted by atomic mass is 16.5. The van der Waals surface area contributed by atoms with Crippen molar-refractivity contribution < 1.29 is 4.74 Å². The first-order valence-electron chi connectivity index (χ1n) is 10.1. The fourth-order valence-corrected chi connectivity index (χ4v) is 4.16. The second-order valence-electron chi connectivity index (χ2n) is 8.04. The van der Waals surface area contributed by atoms with Gasteiger partial charge in [-0.25, -0.2) is 4.98 Å². The molecule has 0 spiro atoms. The second-order valence-corrected chi connectivity index (χ2v) is 8.04. The fourth-order valence-electron chi connectivity index (χ4n) is 4.16. The van der Waals surface area contributed by atoms with Crippen molar-refractivity contribution in [2.75, 3.05) is 5.32 Å². The Bertz CT molecular complexity index is 898. The summed E-state index contributed by atoms with van der Waals surface area (Å²) in [4.78, 5) is 4.90. The second kappa shape index (κ2) is 7.63. The average molecular weight is 364 g/mol. The molecular weight excluding hydrogens is 334 g/mol. The molecule has 1 fully saturated rings. The van der Waals surface area contributed by atoms with Gasteiger partial charge < -0.3 is 14.6 Å². The summed E-state index contributed by atoms with van der Waals surface area (Å²) in [6, 6.07) is 17.1. The molecule has 4 heteroatoms. The molecule has 1 aliphatic rings. The number of anilines is 2. The van der Waals surface area contributed by atoms with Gasteiger partial charge in [0.15, 0.2) is 0 Å². The van der Waals surface area contributed by atoms with Crippen molar-refractivity contribution in [2.24, 2.45) is 5.92 Å². The maximum atomic E-state index is 5.75. The number of benzene rings is 2. The maximum absolute atomic E-state index is 5.75. The van der Waals surface area contributed by atoms with Crippen molar-refractivity contribution in [2.45, 2.75) is 58.6 Å². The summed E-state index contributed by atoms with van der Waals surface area (Å²) >= 11 is 0. The minimum absolute atomic E-state index is 0.182. The molecule has 4 rings (SSSR count). The van der Waals surface area contributed by atoms with E-state index in [0.29, 0.717) is 6.04 Å². The van der Waals surface area contributed by atoms with Gasteiger partial charge >= 0.3 is 0 Å². The number of imidazole rings is 1. The van der Waals surface area contributed by atoms with Crippen molar-refractivity contribution in [3.05, 3.63) is 48.5 Å². The fraction of sp³-hybridized carbons (Fsp3) is 0.435. The number of fused-ring (bicyclic) bond motifs is 1. The van der Waals surface area contributed by atoms with Crippen molar-refractivity contribution in [3.63, 3.8) is 0 Å². The van der Waals surface area contributed by atoms with Crippen molar-refractivity contribution in [1.29, 1.82) is 0 Å². The topological polar surface area (TPSA) is 39.1 Å². The van der Waals surface area contributed by atoms with Gasteiger partial charge in [-0.3, -0.25) is 0 Å². The first-order valence-corrected chi connectivity index (χ1v) is 10.1.